The minimum atomic E-state index is -0.485. The predicted octanol–water partition coefficient (Wildman–Crippen LogP) is 2.35. The van der Waals surface area contributed by atoms with E-state index in [9.17, 15) is 9.59 Å². The number of benzene rings is 1. The molecule has 1 aromatic carbocycles. The molecule has 0 aliphatic carbocycles. The Morgan fingerprint density at radius 2 is 1.79 bits per heavy atom. The standard InChI is InChI=1S/C15H22N2O2/c1-5-11-8-6-7-9-12(11)17-13(18)10-16-14(19)15(2,3)4/h6-9H,5,10H2,1-4H3,(H,16,19)(H,17,18). The second-order valence-electron chi connectivity index (χ2n) is 5.49. The van der Waals surface area contributed by atoms with Gasteiger partial charge in [0.05, 0.1) is 6.54 Å². The minimum Gasteiger partial charge on any atom is -0.347 e. The van der Waals surface area contributed by atoms with E-state index in [4.69, 9.17) is 0 Å². The van der Waals surface area contributed by atoms with E-state index in [-0.39, 0.29) is 18.4 Å². The molecule has 1 rings (SSSR count). The van der Waals surface area contributed by atoms with Crippen molar-refractivity contribution in [2.45, 2.75) is 34.1 Å². The Balaban J connectivity index is 2.54. The van der Waals surface area contributed by atoms with E-state index in [0.717, 1.165) is 17.7 Å². The van der Waals surface area contributed by atoms with E-state index in [2.05, 4.69) is 10.6 Å². The number of hydrogen-bond donors (Lipinski definition) is 2. The zero-order valence-corrected chi connectivity index (χ0v) is 12.0. The van der Waals surface area contributed by atoms with Gasteiger partial charge >= 0.3 is 0 Å². The van der Waals surface area contributed by atoms with Gasteiger partial charge in [0, 0.05) is 11.1 Å². The summed E-state index contributed by atoms with van der Waals surface area (Å²) in [6, 6.07) is 7.66. The van der Waals surface area contributed by atoms with Crippen molar-refractivity contribution in [3.05, 3.63) is 29.8 Å². The van der Waals surface area contributed by atoms with Crippen molar-refractivity contribution in [2.24, 2.45) is 5.41 Å². The molecule has 19 heavy (non-hydrogen) atoms. The highest BCUT2D eigenvalue weighted by Crippen LogP contribution is 2.15. The van der Waals surface area contributed by atoms with Crippen molar-refractivity contribution in [1.82, 2.24) is 5.32 Å². The summed E-state index contributed by atoms with van der Waals surface area (Å²) in [5, 5.41) is 5.44. The van der Waals surface area contributed by atoms with E-state index in [1.165, 1.54) is 0 Å². The monoisotopic (exact) mass is 262 g/mol. The van der Waals surface area contributed by atoms with Crippen LogP contribution in [-0.2, 0) is 16.0 Å². The van der Waals surface area contributed by atoms with Crippen molar-refractivity contribution >= 4 is 17.5 Å². The normalized spacial score (nSPS) is 10.9. The Morgan fingerprint density at radius 1 is 1.16 bits per heavy atom. The first-order valence-corrected chi connectivity index (χ1v) is 6.50. The van der Waals surface area contributed by atoms with Crippen LogP contribution in [0.3, 0.4) is 0 Å². The van der Waals surface area contributed by atoms with E-state index in [1.807, 2.05) is 52.0 Å². The van der Waals surface area contributed by atoms with E-state index in [0.29, 0.717) is 0 Å². The van der Waals surface area contributed by atoms with Crippen LogP contribution in [0.25, 0.3) is 0 Å². The fourth-order valence-electron chi connectivity index (χ4n) is 1.57. The molecule has 4 heteroatoms. The van der Waals surface area contributed by atoms with Gasteiger partial charge in [-0.05, 0) is 18.1 Å². The van der Waals surface area contributed by atoms with E-state index >= 15 is 0 Å². The Bertz CT molecular complexity index is 461. The van der Waals surface area contributed by atoms with Crippen LogP contribution in [0.2, 0.25) is 0 Å². The summed E-state index contributed by atoms with van der Waals surface area (Å²) in [6.07, 6.45) is 0.852. The highest BCUT2D eigenvalue weighted by molar-refractivity contribution is 5.95. The molecule has 0 saturated heterocycles. The summed E-state index contributed by atoms with van der Waals surface area (Å²) >= 11 is 0. The molecule has 0 saturated carbocycles. The molecular formula is C15H22N2O2. The number of para-hydroxylation sites is 1. The summed E-state index contributed by atoms with van der Waals surface area (Å²) in [4.78, 5) is 23.4. The van der Waals surface area contributed by atoms with Crippen LogP contribution in [0.1, 0.15) is 33.3 Å². The molecule has 0 aliphatic rings. The van der Waals surface area contributed by atoms with Crippen molar-refractivity contribution in [2.75, 3.05) is 11.9 Å². The number of aryl methyl sites for hydroxylation is 1. The first-order valence-electron chi connectivity index (χ1n) is 6.50. The number of amides is 2. The van der Waals surface area contributed by atoms with E-state index < -0.39 is 5.41 Å². The minimum absolute atomic E-state index is 0.00580. The van der Waals surface area contributed by atoms with Gasteiger partial charge in [0.2, 0.25) is 11.8 Å². The van der Waals surface area contributed by atoms with Gasteiger partial charge in [0.1, 0.15) is 0 Å². The van der Waals surface area contributed by atoms with Gasteiger partial charge in [0.25, 0.3) is 0 Å². The first-order chi connectivity index (χ1) is 8.84. The zero-order chi connectivity index (χ0) is 14.5. The Kier molecular flexibility index (Phi) is 5.10. The molecule has 0 fully saturated rings. The van der Waals surface area contributed by atoms with Crippen LogP contribution in [0.15, 0.2) is 24.3 Å². The topological polar surface area (TPSA) is 58.2 Å². The van der Waals surface area contributed by atoms with Crippen molar-refractivity contribution in [3.63, 3.8) is 0 Å². The maximum absolute atomic E-state index is 11.8. The highest BCUT2D eigenvalue weighted by atomic mass is 16.2. The van der Waals surface area contributed by atoms with Gasteiger partial charge in [-0.15, -0.1) is 0 Å². The number of anilines is 1. The number of hydrogen-bond acceptors (Lipinski definition) is 2. The smallest absolute Gasteiger partial charge is 0.243 e. The summed E-state index contributed by atoms with van der Waals surface area (Å²) < 4.78 is 0. The summed E-state index contributed by atoms with van der Waals surface area (Å²) in [7, 11) is 0. The van der Waals surface area contributed by atoms with Crippen LogP contribution in [0.4, 0.5) is 5.69 Å². The molecule has 0 heterocycles. The molecule has 0 spiro atoms. The van der Waals surface area contributed by atoms with E-state index in [1.54, 1.807) is 0 Å². The highest BCUT2D eigenvalue weighted by Gasteiger charge is 2.21. The van der Waals surface area contributed by atoms with Crippen molar-refractivity contribution < 1.29 is 9.59 Å². The first kappa shape index (κ1) is 15.2. The molecule has 1 aromatic rings. The maximum Gasteiger partial charge on any atom is 0.243 e. The van der Waals surface area contributed by atoms with Crippen LogP contribution in [0.5, 0.6) is 0 Å². The second-order valence-corrected chi connectivity index (χ2v) is 5.49. The lowest BCUT2D eigenvalue weighted by atomic mass is 9.96. The zero-order valence-electron chi connectivity index (χ0n) is 12.0. The Hall–Kier alpha value is -1.84. The Labute approximate surface area is 114 Å². The SMILES string of the molecule is CCc1ccccc1NC(=O)CNC(=O)C(C)(C)C. The molecule has 2 amide bonds. The lowest BCUT2D eigenvalue weighted by molar-refractivity contribution is -0.130. The summed E-state index contributed by atoms with van der Waals surface area (Å²) in [6.45, 7) is 7.46. The van der Waals surface area contributed by atoms with Crippen molar-refractivity contribution in [3.8, 4) is 0 Å². The van der Waals surface area contributed by atoms with Crippen LogP contribution < -0.4 is 10.6 Å². The second kappa shape index (κ2) is 6.36. The molecule has 0 aromatic heterocycles. The average molecular weight is 262 g/mol. The van der Waals surface area contributed by atoms with Gasteiger partial charge in [-0.3, -0.25) is 9.59 Å². The Morgan fingerprint density at radius 3 is 2.37 bits per heavy atom. The molecule has 104 valence electrons. The van der Waals surface area contributed by atoms with Gasteiger partial charge in [-0.1, -0.05) is 45.9 Å². The molecule has 0 aliphatic heterocycles. The largest absolute Gasteiger partial charge is 0.347 e. The molecule has 0 radical (unpaired) electrons. The van der Waals surface area contributed by atoms with Crippen molar-refractivity contribution in [1.29, 1.82) is 0 Å². The summed E-state index contributed by atoms with van der Waals surface area (Å²) in [5.74, 6) is -0.343. The quantitative estimate of drug-likeness (QED) is 0.875. The summed E-state index contributed by atoms with van der Waals surface area (Å²) in [5.41, 5.74) is 1.40. The van der Waals surface area contributed by atoms with Crippen LogP contribution >= 0.6 is 0 Å². The fraction of sp³-hybridized carbons (Fsp3) is 0.467. The van der Waals surface area contributed by atoms with Gasteiger partial charge in [-0.25, -0.2) is 0 Å². The van der Waals surface area contributed by atoms with Gasteiger partial charge < -0.3 is 10.6 Å². The molecule has 2 N–H and O–H groups in total. The third-order valence-corrected chi connectivity index (χ3v) is 2.76. The third kappa shape index (κ3) is 4.73. The van der Waals surface area contributed by atoms with Gasteiger partial charge in [-0.2, -0.15) is 0 Å². The van der Waals surface area contributed by atoms with Crippen LogP contribution in [0, 0.1) is 5.41 Å². The third-order valence-electron chi connectivity index (χ3n) is 2.76. The van der Waals surface area contributed by atoms with Crippen LogP contribution in [-0.4, -0.2) is 18.4 Å². The number of rotatable bonds is 4. The number of carbonyl (C=O) groups is 2. The van der Waals surface area contributed by atoms with Gasteiger partial charge in [0.15, 0.2) is 0 Å². The lowest BCUT2D eigenvalue weighted by Crippen LogP contribution is -2.39. The number of nitrogens with one attached hydrogen (secondary N) is 2. The molecular weight excluding hydrogens is 240 g/mol. The lowest BCUT2D eigenvalue weighted by Gasteiger charge is -2.17. The average Bonchev–Trinajstić information content (AvgIpc) is 2.35. The predicted molar refractivity (Wildman–Crippen MR) is 76.9 cm³/mol. The number of carbonyl (C=O) groups excluding carboxylic acids is 2. The molecule has 0 atom stereocenters. The molecule has 0 unspecified atom stereocenters. The fourth-order valence-corrected chi connectivity index (χ4v) is 1.57. The molecule has 4 nitrogen and oxygen atoms in total. The maximum atomic E-state index is 11.8. The molecule has 0 bridgehead atoms.